The average molecular weight is 514 g/mol. The van der Waals surface area contributed by atoms with E-state index in [2.05, 4.69) is 63.8 Å². The SMILES string of the molecule is COc1c(C(Nc2cc(C#N)c3ncc(C#N)c(NCC(C)(C)C)c3c2)c2ccc(F)nc2C)nnn1C. The van der Waals surface area contributed by atoms with Crippen molar-refractivity contribution in [2.75, 3.05) is 24.3 Å². The number of hydrogen-bond donors (Lipinski definition) is 2. The quantitative estimate of drug-likeness (QED) is 0.339. The second-order valence-electron chi connectivity index (χ2n) is 10.1. The molecule has 0 aliphatic rings. The van der Waals surface area contributed by atoms with Gasteiger partial charge in [0.25, 0.3) is 0 Å². The van der Waals surface area contributed by atoms with E-state index >= 15 is 0 Å². The van der Waals surface area contributed by atoms with Crippen LogP contribution in [0.1, 0.15) is 54.9 Å². The molecular formula is C27H28FN9O. The van der Waals surface area contributed by atoms with Crippen LogP contribution < -0.4 is 15.4 Å². The second-order valence-corrected chi connectivity index (χ2v) is 10.1. The van der Waals surface area contributed by atoms with Crippen molar-refractivity contribution in [3.05, 3.63) is 64.5 Å². The molecule has 4 aromatic rings. The van der Waals surface area contributed by atoms with Crippen LogP contribution in [0.15, 0.2) is 30.5 Å². The number of aromatic nitrogens is 5. The summed E-state index contributed by atoms with van der Waals surface area (Å²) in [7, 11) is 3.22. The molecule has 1 atom stereocenters. The standard InChI is InChI=1S/C27H28FN9O/c1-15-19(7-8-21(28)33-15)24(25-26(38-6)37(5)36-35-25)34-18-9-16(11-29)22-20(10-18)23(17(12-30)13-31-22)32-14-27(2,3)4/h7-10,13,24,34H,14H2,1-6H3,(H,31,32). The maximum absolute atomic E-state index is 13.9. The summed E-state index contributed by atoms with van der Waals surface area (Å²) in [5.41, 5.74) is 3.84. The van der Waals surface area contributed by atoms with Gasteiger partial charge in [-0.1, -0.05) is 32.1 Å². The lowest BCUT2D eigenvalue weighted by atomic mass is 9.96. The number of nitrogens with zero attached hydrogens (tertiary/aromatic N) is 7. The smallest absolute Gasteiger partial charge is 0.237 e. The summed E-state index contributed by atoms with van der Waals surface area (Å²) in [6.45, 7) is 8.55. The first kappa shape index (κ1) is 26.3. The van der Waals surface area contributed by atoms with E-state index in [9.17, 15) is 14.9 Å². The molecule has 1 aromatic carbocycles. The number of aryl methyl sites for hydroxylation is 2. The van der Waals surface area contributed by atoms with Crippen LogP contribution in [0.4, 0.5) is 15.8 Å². The third kappa shape index (κ3) is 5.18. The highest BCUT2D eigenvalue weighted by Crippen LogP contribution is 2.36. The molecule has 38 heavy (non-hydrogen) atoms. The lowest BCUT2D eigenvalue weighted by Crippen LogP contribution is -2.20. The Hall–Kier alpha value is -4.77. The molecule has 0 spiro atoms. The molecule has 2 N–H and O–H groups in total. The zero-order valence-electron chi connectivity index (χ0n) is 22.1. The summed E-state index contributed by atoms with van der Waals surface area (Å²) in [5.74, 6) is -0.188. The highest BCUT2D eigenvalue weighted by Gasteiger charge is 2.27. The van der Waals surface area contributed by atoms with Crippen molar-refractivity contribution in [1.29, 1.82) is 10.5 Å². The zero-order valence-corrected chi connectivity index (χ0v) is 22.1. The van der Waals surface area contributed by atoms with Crippen molar-refractivity contribution in [2.45, 2.75) is 33.7 Å². The van der Waals surface area contributed by atoms with Gasteiger partial charge in [-0.2, -0.15) is 14.9 Å². The van der Waals surface area contributed by atoms with E-state index in [4.69, 9.17) is 4.74 Å². The maximum Gasteiger partial charge on any atom is 0.237 e. The Bertz CT molecular complexity index is 1590. The highest BCUT2D eigenvalue weighted by atomic mass is 19.1. The fourth-order valence-corrected chi connectivity index (χ4v) is 4.19. The molecule has 0 fully saturated rings. The van der Waals surface area contributed by atoms with E-state index in [1.165, 1.54) is 24.1 Å². The number of anilines is 2. The monoisotopic (exact) mass is 513 g/mol. The van der Waals surface area contributed by atoms with Gasteiger partial charge in [-0.15, -0.1) is 5.10 Å². The van der Waals surface area contributed by atoms with Gasteiger partial charge in [0.1, 0.15) is 18.2 Å². The highest BCUT2D eigenvalue weighted by molar-refractivity contribution is 5.99. The van der Waals surface area contributed by atoms with E-state index in [1.54, 1.807) is 26.1 Å². The minimum Gasteiger partial charge on any atom is -0.480 e. The van der Waals surface area contributed by atoms with Crippen LogP contribution in [0.5, 0.6) is 5.88 Å². The van der Waals surface area contributed by atoms with E-state index in [0.717, 1.165) is 0 Å². The van der Waals surface area contributed by atoms with Gasteiger partial charge < -0.3 is 15.4 Å². The largest absolute Gasteiger partial charge is 0.480 e. The average Bonchev–Trinajstić information content (AvgIpc) is 3.25. The van der Waals surface area contributed by atoms with Crippen LogP contribution in [-0.4, -0.2) is 38.6 Å². The lowest BCUT2D eigenvalue weighted by Gasteiger charge is -2.23. The predicted molar refractivity (Wildman–Crippen MR) is 141 cm³/mol. The molecule has 0 bridgehead atoms. The molecule has 0 aliphatic carbocycles. The van der Waals surface area contributed by atoms with Crippen LogP contribution in [-0.2, 0) is 7.05 Å². The van der Waals surface area contributed by atoms with Crippen molar-refractivity contribution in [3.8, 4) is 18.0 Å². The topological polar surface area (TPSA) is 137 Å². The zero-order chi connectivity index (χ0) is 27.6. The third-order valence-electron chi connectivity index (χ3n) is 5.99. The molecular weight excluding hydrogens is 485 g/mol. The van der Waals surface area contributed by atoms with Crippen molar-refractivity contribution in [2.24, 2.45) is 12.5 Å². The molecule has 3 aromatic heterocycles. The van der Waals surface area contributed by atoms with Crippen molar-refractivity contribution >= 4 is 22.3 Å². The van der Waals surface area contributed by atoms with Crippen molar-refractivity contribution in [1.82, 2.24) is 25.0 Å². The van der Waals surface area contributed by atoms with Crippen LogP contribution in [0.25, 0.3) is 10.9 Å². The normalized spacial score (nSPS) is 12.0. The van der Waals surface area contributed by atoms with Gasteiger partial charge in [0.2, 0.25) is 11.8 Å². The van der Waals surface area contributed by atoms with Crippen LogP contribution >= 0.6 is 0 Å². The molecule has 4 rings (SSSR count). The maximum atomic E-state index is 13.9. The number of fused-ring (bicyclic) bond motifs is 1. The number of halogens is 1. The number of benzene rings is 1. The number of ether oxygens (including phenoxy) is 1. The Balaban J connectivity index is 1.91. The van der Waals surface area contributed by atoms with Crippen molar-refractivity contribution in [3.63, 3.8) is 0 Å². The van der Waals surface area contributed by atoms with E-state index in [0.29, 0.717) is 62.8 Å². The molecule has 0 radical (unpaired) electrons. The van der Waals surface area contributed by atoms with Gasteiger partial charge in [-0.3, -0.25) is 4.98 Å². The van der Waals surface area contributed by atoms with E-state index in [1.807, 2.05) is 6.07 Å². The molecule has 10 nitrogen and oxygen atoms in total. The number of nitrogens with one attached hydrogen (secondary N) is 2. The summed E-state index contributed by atoms with van der Waals surface area (Å²) in [5, 5.41) is 35.6. The van der Waals surface area contributed by atoms with E-state index in [-0.39, 0.29) is 5.41 Å². The van der Waals surface area contributed by atoms with E-state index < -0.39 is 12.0 Å². The van der Waals surface area contributed by atoms with Gasteiger partial charge in [0.05, 0.1) is 29.4 Å². The second kappa shape index (κ2) is 10.3. The molecule has 11 heteroatoms. The molecule has 0 amide bonds. The number of hydrogen-bond acceptors (Lipinski definition) is 9. The number of nitriles is 2. The Morgan fingerprint density at radius 1 is 1.16 bits per heavy atom. The summed E-state index contributed by atoms with van der Waals surface area (Å²) in [6.07, 6.45) is 1.47. The minimum absolute atomic E-state index is 0.0586. The fourth-order valence-electron chi connectivity index (χ4n) is 4.19. The van der Waals surface area contributed by atoms with Gasteiger partial charge in [-0.05, 0) is 30.5 Å². The molecule has 0 saturated carbocycles. The molecule has 0 saturated heterocycles. The van der Waals surface area contributed by atoms with Gasteiger partial charge >= 0.3 is 0 Å². The summed E-state index contributed by atoms with van der Waals surface area (Å²) >= 11 is 0. The first-order chi connectivity index (χ1) is 18.1. The Morgan fingerprint density at radius 2 is 1.89 bits per heavy atom. The Morgan fingerprint density at radius 3 is 2.53 bits per heavy atom. The van der Waals surface area contributed by atoms with Gasteiger partial charge in [0.15, 0.2) is 5.69 Å². The molecule has 194 valence electrons. The summed E-state index contributed by atoms with van der Waals surface area (Å²) in [4.78, 5) is 8.39. The van der Waals surface area contributed by atoms with Gasteiger partial charge in [-0.25, -0.2) is 9.67 Å². The first-order valence-electron chi connectivity index (χ1n) is 11.9. The Kier molecular flexibility index (Phi) is 7.13. The van der Waals surface area contributed by atoms with Gasteiger partial charge in [0, 0.05) is 42.1 Å². The molecule has 3 heterocycles. The third-order valence-corrected chi connectivity index (χ3v) is 5.99. The van der Waals surface area contributed by atoms with Crippen LogP contribution in [0, 0.1) is 40.9 Å². The van der Waals surface area contributed by atoms with Crippen LogP contribution in [0.3, 0.4) is 0 Å². The van der Waals surface area contributed by atoms with Crippen molar-refractivity contribution < 1.29 is 9.13 Å². The fraction of sp³-hybridized carbons (Fsp3) is 0.333. The lowest BCUT2D eigenvalue weighted by molar-refractivity contribution is 0.368. The molecule has 1 unspecified atom stereocenters. The summed E-state index contributed by atoms with van der Waals surface area (Å²) in [6, 6.07) is 10.2. The number of methoxy groups -OCH3 is 1. The summed E-state index contributed by atoms with van der Waals surface area (Å²) < 4.78 is 20.9. The van der Waals surface area contributed by atoms with Crippen LogP contribution in [0.2, 0.25) is 0 Å². The Labute approximate surface area is 220 Å². The molecule has 0 aliphatic heterocycles. The number of rotatable bonds is 7. The predicted octanol–water partition coefficient (Wildman–Crippen LogP) is 4.62. The first-order valence-corrected chi connectivity index (χ1v) is 11.9. The number of pyridine rings is 2. The minimum atomic E-state index is -0.645.